The van der Waals surface area contributed by atoms with E-state index >= 15 is 0 Å². The van der Waals surface area contributed by atoms with Crippen LogP contribution in [-0.4, -0.2) is 42.7 Å². The number of ether oxygens (including phenoxy) is 1. The fourth-order valence-corrected chi connectivity index (χ4v) is 3.19. The van der Waals surface area contributed by atoms with E-state index in [1.54, 1.807) is 0 Å². The molecule has 25 heavy (non-hydrogen) atoms. The first-order valence-corrected chi connectivity index (χ1v) is 10.0. The van der Waals surface area contributed by atoms with Crippen LogP contribution in [0.2, 0.25) is 0 Å². The van der Waals surface area contributed by atoms with Crippen molar-refractivity contribution in [2.24, 2.45) is 5.92 Å². The molecule has 4 heteroatoms. The lowest BCUT2D eigenvalue weighted by atomic mass is 9.98. The van der Waals surface area contributed by atoms with Gasteiger partial charge in [-0.15, -0.1) is 0 Å². The molecule has 1 aromatic heterocycles. The first kappa shape index (κ1) is 21.9. The van der Waals surface area contributed by atoms with Crippen molar-refractivity contribution in [2.45, 2.75) is 72.4 Å². The Morgan fingerprint density at radius 3 is 2.44 bits per heavy atom. The zero-order valence-corrected chi connectivity index (χ0v) is 17.1. The summed E-state index contributed by atoms with van der Waals surface area (Å²) in [5, 5.41) is 3.39. The van der Waals surface area contributed by atoms with Gasteiger partial charge in [-0.25, -0.2) is 4.98 Å². The molecular formula is C21H39N3O. The molecule has 0 saturated heterocycles. The lowest BCUT2D eigenvalue weighted by Crippen LogP contribution is -2.25. The van der Waals surface area contributed by atoms with Gasteiger partial charge in [0.15, 0.2) is 0 Å². The molecule has 0 bridgehead atoms. The molecule has 4 nitrogen and oxygen atoms in total. The van der Waals surface area contributed by atoms with Gasteiger partial charge in [0, 0.05) is 31.4 Å². The summed E-state index contributed by atoms with van der Waals surface area (Å²) in [6, 6.07) is 4.66. The Labute approximate surface area is 155 Å². The molecule has 1 heterocycles. The van der Waals surface area contributed by atoms with Crippen molar-refractivity contribution in [3.63, 3.8) is 0 Å². The van der Waals surface area contributed by atoms with E-state index in [0.29, 0.717) is 12.6 Å². The van der Waals surface area contributed by atoms with E-state index in [-0.39, 0.29) is 0 Å². The highest BCUT2D eigenvalue weighted by Crippen LogP contribution is 2.16. The maximum absolute atomic E-state index is 5.71. The van der Waals surface area contributed by atoms with Crippen molar-refractivity contribution in [1.29, 1.82) is 0 Å². The average Bonchev–Trinajstić information content (AvgIpc) is 2.56. The Kier molecular flexibility index (Phi) is 11.5. The second-order valence-corrected chi connectivity index (χ2v) is 7.46. The fourth-order valence-electron chi connectivity index (χ4n) is 3.19. The molecule has 1 N–H and O–H groups in total. The lowest BCUT2D eigenvalue weighted by molar-refractivity contribution is 0.249. The summed E-state index contributed by atoms with van der Waals surface area (Å²) in [4.78, 5) is 6.87. The molecule has 1 aromatic rings. The zero-order chi connectivity index (χ0) is 18.5. The van der Waals surface area contributed by atoms with Gasteiger partial charge in [0.05, 0.1) is 6.61 Å². The maximum atomic E-state index is 5.71. The van der Waals surface area contributed by atoms with Crippen LogP contribution in [0.5, 0.6) is 5.88 Å². The molecule has 0 aliphatic rings. The number of nitrogens with one attached hydrogen (secondary N) is 1. The van der Waals surface area contributed by atoms with Gasteiger partial charge in [0.2, 0.25) is 5.88 Å². The molecule has 1 rings (SSSR count). The van der Waals surface area contributed by atoms with Crippen molar-refractivity contribution in [2.75, 3.05) is 26.7 Å². The number of aromatic nitrogens is 1. The van der Waals surface area contributed by atoms with Gasteiger partial charge in [-0.05, 0) is 44.3 Å². The summed E-state index contributed by atoms with van der Waals surface area (Å²) in [7, 11) is 2.21. The first-order chi connectivity index (χ1) is 12.0. The Morgan fingerprint density at radius 1 is 1.16 bits per heavy atom. The van der Waals surface area contributed by atoms with Gasteiger partial charge in [0.25, 0.3) is 0 Å². The smallest absolute Gasteiger partial charge is 0.213 e. The molecule has 0 spiro atoms. The quantitative estimate of drug-likeness (QED) is 0.502. The predicted octanol–water partition coefficient (Wildman–Crippen LogP) is 4.50. The van der Waals surface area contributed by atoms with Crippen LogP contribution in [0.4, 0.5) is 0 Å². The molecule has 0 aliphatic heterocycles. The van der Waals surface area contributed by atoms with E-state index in [1.165, 1.54) is 37.8 Å². The first-order valence-electron chi connectivity index (χ1n) is 10.0. The van der Waals surface area contributed by atoms with E-state index in [1.807, 2.05) is 12.3 Å². The van der Waals surface area contributed by atoms with Gasteiger partial charge in [0.1, 0.15) is 0 Å². The highest BCUT2D eigenvalue weighted by molar-refractivity contribution is 5.17. The molecule has 0 saturated carbocycles. The minimum Gasteiger partial charge on any atom is -0.478 e. The van der Waals surface area contributed by atoms with E-state index in [9.17, 15) is 0 Å². The van der Waals surface area contributed by atoms with Crippen LogP contribution >= 0.6 is 0 Å². The second kappa shape index (κ2) is 13.1. The van der Waals surface area contributed by atoms with Crippen LogP contribution in [0.3, 0.4) is 0 Å². The summed E-state index contributed by atoms with van der Waals surface area (Å²) >= 11 is 0. The molecule has 144 valence electrons. The van der Waals surface area contributed by atoms with Crippen molar-refractivity contribution in [3.8, 4) is 5.88 Å². The molecule has 0 aromatic carbocycles. The van der Waals surface area contributed by atoms with Crippen LogP contribution in [0.25, 0.3) is 0 Å². The van der Waals surface area contributed by atoms with Crippen LogP contribution in [0, 0.1) is 5.92 Å². The minimum absolute atomic E-state index is 0.531. The van der Waals surface area contributed by atoms with Gasteiger partial charge in [-0.3, -0.25) is 0 Å². The van der Waals surface area contributed by atoms with Crippen molar-refractivity contribution in [1.82, 2.24) is 15.2 Å². The number of rotatable bonds is 14. The molecule has 0 radical (unpaired) electrons. The summed E-state index contributed by atoms with van der Waals surface area (Å²) in [6.45, 7) is 12.7. The third-order valence-corrected chi connectivity index (χ3v) is 4.34. The highest BCUT2D eigenvalue weighted by atomic mass is 16.5. The predicted molar refractivity (Wildman–Crippen MR) is 107 cm³/mol. The summed E-state index contributed by atoms with van der Waals surface area (Å²) < 4.78 is 5.71. The largest absolute Gasteiger partial charge is 0.478 e. The van der Waals surface area contributed by atoms with Crippen molar-refractivity contribution < 1.29 is 4.74 Å². The molecule has 0 fully saturated rings. The second-order valence-electron chi connectivity index (χ2n) is 7.46. The molecule has 0 aliphatic carbocycles. The average molecular weight is 350 g/mol. The summed E-state index contributed by atoms with van der Waals surface area (Å²) in [6.07, 6.45) is 8.16. The Hall–Kier alpha value is -1.13. The lowest BCUT2D eigenvalue weighted by Gasteiger charge is -2.23. The van der Waals surface area contributed by atoms with Crippen LogP contribution in [0.1, 0.15) is 65.4 Å². The Bertz CT molecular complexity index is 427. The molecule has 0 amide bonds. The number of nitrogens with zero attached hydrogens (tertiary/aromatic N) is 2. The molecule has 0 atom stereocenters. The zero-order valence-electron chi connectivity index (χ0n) is 17.1. The number of hydrogen-bond acceptors (Lipinski definition) is 4. The molecular weight excluding hydrogens is 310 g/mol. The SMILES string of the molecule is CCCC(CCC)CN(C)Cc1ccc(OCCCNC(C)C)nc1. The normalized spacial score (nSPS) is 11.7. The summed E-state index contributed by atoms with van der Waals surface area (Å²) in [5.41, 5.74) is 1.25. The summed E-state index contributed by atoms with van der Waals surface area (Å²) in [5.74, 6) is 1.54. The Morgan fingerprint density at radius 2 is 1.88 bits per heavy atom. The topological polar surface area (TPSA) is 37.4 Å². The van der Waals surface area contributed by atoms with Gasteiger partial charge < -0.3 is 15.0 Å². The van der Waals surface area contributed by atoms with E-state index < -0.39 is 0 Å². The third kappa shape index (κ3) is 10.5. The molecule has 0 unspecified atom stereocenters. The minimum atomic E-state index is 0.531. The Balaban J connectivity index is 2.32. The fraction of sp³-hybridized carbons (Fsp3) is 0.762. The van der Waals surface area contributed by atoms with E-state index in [4.69, 9.17) is 4.74 Å². The monoisotopic (exact) mass is 349 g/mol. The van der Waals surface area contributed by atoms with Crippen molar-refractivity contribution >= 4 is 0 Å². The van der Waals surface area contributed by atoms with Crippen LogP contribution < -0.4 is 10.1 Å². The van der Waals surface area contributed by atoms with Crippen LogP contribution in [0.15, 0.2) is 18.3 Å². The third-order valence-electron chi connectivity index (χ3n) is 4.34. The van der Waals surface area contributed by atoms with E-state index in [0.717, 1.165) is 31.3 Å². The standard InChI is InChI=1S/C21H39N3O/c1-6-9-19(10-7-2)16-24(5)17-20-11-12-21(23-15-20)25-14-8-13-22-18(3)4/h11-12,15,18-19,22H,6-10,13-14,16-17H2,1-5H3. The highest BCUT2D eigenvalue weighted by Gasteiger charge is 2.10. The maximum Gasteiger partial charge on any atom is 0.213 e. The van der Waals surface area contributed by atoms with E-state index in [2.05, 4.69) is 56.0 Å². The number of hydrogen-bond donors (Lipinski definition) is 1. The number of pyridine rings is 1. The van der Waals surface area contributed by atoms with Crippen LogP contribution in [-0.2, 0) is 6.54 Å². The van der Waals surface area contributed by atoms with Crippen molar-refractivity contribution in [3.05, 3.63) is 23.9 Å². The van der Waals surface area contributed by atoms with Gasteiger partial charge in [-0.1, -0.05) is 46.6 Å². The van der Waals surface area contributed by atoms with Gasteiger partial charge >= 0.3 is 0 Å². The van der Waals surface area contributed by atoms with Gasteiger partial charge in [-0.2, -0.15) is 0 Å².